The average molecular weight is 337 g/mol. The Morgan fingerprint density at radius 1 is 1.26 bits per heavy atom. The highest BCUT2D eigenvalue weighted by atomic mass is 32.2. The number of aromatic nitrogens is 2. The number of sulfonamides is 1. The van der Waals surface area contributed by atoms with Gasteiger partial charge in [-0.2, -0.15) is 5.10 Å². The first kappa shape index (κ1) is 17.0. The van der Waals surface area contributed by atoms with Crippen molar-refractivity contribution in [3.63, 3.8) is 0 Å². The van der Waals surface area contributed by atoms with Crippen LogP contribution in [0.2, 0.25) is 0 Å². The monoisotopic (exact) mass is 337 g/mol. The minimum Gasteiger partial charge on any atom is -0.493 e. The van der Waals surface area contributed by atoms with E-state index in [1.54, 1.807) is 7.05 Å². The maximum Gasteiger partial charge on any atom is 0.267 e. The van der Waals surface area contributed by atoms with Gasteiger partial charge in [0.1, 0.15) is 10.6 Å². The van der Waals surface area contributed by atoms with Crippen molar-refractivity contribution >= 4 is 15.9 Å². The summed E-state index contributed by atoms with van der Waals surface area (Å²) in [6.07, 6.45) is 2.44. The van der Waals surface area contributed by atoms with Crippen molar-refractivity contribution in [3.8, 4) is 5.75 Å². The number of nitrogens with zero attached hydrogens (tertiary/aromatic N) is 2. The number of benzene rings is 1. The van der Waals surface area contributed by atoms with E-state index in [4.69, 9.17) is 4.74 Å². The third-order valence-corrected chi connectivity index (χ3v) is 4.36. The van der Waals surface area contributed by atoms with Gasteiger partial charge in [-0.05, 0) is 37.1 Å². The summed E-state index contributed by atoms with van der Waals surface area (Å²) in [5.74, 6) is 0.0312. The van der Waals surface area contributed by atoms with E-state index < -0.39 is 15.9 Å². The van der Waals surface area contributed by atoms with Crippen LogP contribution in [0.3, 0.4) is 0 Å². The molecule has 8 heteroatoms. The number of amides is 1. The van der Waals surface area contributed by atoms with E-state index in [0.717, 1.165) is 11.1 Å². The third-order valence-electron chi connectivity index (χ3n) is 3.03. The topological polar surface area (TPSA) is 90.3 Å². The Bertz CT molecular complexity index is 792. The van der Waals surface area contributed by atoms with Crippen LogP contribution in [0, 0.1) is 13.8 Å². The molecule has 7 nitrogen and oxygen atoms in total. The molecular formula is C15H19N3O4S. The van der Waals surface area contributed by atoms with Crippen molar-refractivity contribution in [2.45, 2.75) is 25.2 Å². The lowest BCUT2D eigenvalue weighted by molar-refractivity contribution is -0.119. The van der Waals surface area contributed by atoms with Crippen LogP contribution in [0.15, 0.2) is 35.5 Å². The Balaban J connectivity index is 1.88. The lowest BCUT2D eigenvalue weighted by atomic mass is 10.1. The van der Waals surface area contributed by atoms with Gasteiger partial charge < -0.3 is 4.74 Å². The third kappa shape index (κ3) is 4.82. The zero-order valence-corrected chi connectivity index (χ0v) is 14.1. The Morgan fingerprint density at radius 2 is 1.91 bits per heavy atom. The zero-order valence-electron chi connectivity index (χ0n) is 13.2. The summed E-state index contributed by atoms with van der Waals surface area (Å²) in [4.78, 5) is 11.7. The first-order valence-electron chi connectivity index (χ1n) is 7.02. The molecule has 0 unspecified atom stereocenters. The van der Waals surface area contributed by atoms with Gasteiger partial charge >= 0.3 is 0 Å². The first-order valence-corrected chi connectivity index (χ1v) is 8.50. The van der Waals surface area contributed by atoms with E-state index in [2.05, 4.69) is 5.10 Å². The summed E-state index contributed by atoms with van der Waals surface area (Å²) in [6.45, 7) is 4.00. The predicted molar refractivity (Wildman–Crippen MR) is 84.6 cm³/mol. The van der Waals surface area contributed by atoms with Gasteiger partial charge in [-0.15, -0.1) is 0 Å². The van der Waals surface area contributed by atoms with Gasteiger partial charge in [-0.25, -0.2) is 13.1 Å². The molecule has 0 bridgehead atoms. The zero-order chi connectivity index (χ0) is 17.0. The van der Waals surface area contributed by atoms with Gasteiger partial charge in [0.2, 0.25) is 5.91 Å². The summed E-state index contributed by atoms with van der Waals surface area (Å²) in [5, 5.41) is 3.77. The number of carbonyl (C=O) groups is 1. The quantitative estimate of drug-likeness (QED) is 0.858. The molecule has 0 aliphatic rings. The highest BCUT2D eigenvalue weighted by molar-refractivity contribution is 7.90. The second kappa shape index (κ2) is 6.82. The molecule has 23 heavy (non-hydrogen) atoms. The van der Waals surface area contributed by atoms with E-state index in [1.807, 2.05) is 36.8 Å². The molecule has 0 aliphatic heterocycles. The Kier molecular flexibility index (Phi) is 5.05. The molecule has 1 amide bonds. The van der Waals surface area contributed by atoms with Crippen molar-refractivity contribution in [2.75, 3.05) is 6.61 Å². The molecule has 0 saturated heterocycles. The molecule has 0 atom stereocenters. The first-order chi connectivity index (χ1) is 10.8. The fourth-order valence-electron chi connectivity index (χ4n) is 2.08. The number of aryl methyl sites for hydroxylation is 3. The van der Waals surface area contributed by atoms with Crippen LogP contribution in [0.25, 0.3) is 0 Å². The van der Waals surface area contributed by atoms with E-state index in [9.17, 15) is 13.2 Å². The fraction of sp³-hybridized carbons (Fsp3) is 0.333. The number of carbonyl (C=O) groups excluding carboxylic acids is 1. The van der Waals surface area contributed by atoms with E-state index in [1.165, 1.54) is 17.1 Å². The molecule has 0 fully saturated rings. The summed E-state index contributed by atoms with van der Waals surface area (Å²) in [5.41, 5.74) is 2.12. The van der Waals surface area contributed by atoms with Crippen LogP contribution in [0.1, 0.15) is 17.5 Å². The fourth-order valence-corrected chi connectivity index (χ4v) is 3.07. The second-order valence-electron chi connectivity index (χ2n) is 5.30. The maximum atomic E-state index is 12.0. The number of hydrogen-bond acceptors (Lipinski definition) is 5. The SMILES string of the molecule is Cc1cc(C)cc(OCCC(=O)NS(=O)(=O)c2cnn(C)c2)c1. The molecular weight excluding hydrogens is 318 g/mol. The summed E-state index contributed by atoms with van der Waals surface area (Å²) < 4.78 is 32.7. The molecule has 1 aromatic carbocycles. The smallest absolute Gasteiger partial charge is 0.267 e. The lowest BCUT2D eigenvalue weighted by Crippen LogP contribution is -2.31. The molecule has 124 valence electrons. The summed E-state index contributed by atoms with van der Waals surface area (Å²) >= 11 is 0. The van der Waals surface area contributed by atoms with Crippen molar-refractivity contribution in [1.82, 2.24) is 14.5 Å². The van der Waals surface area contributed by atoms with Crippen LogP contribution >= 0.6 is 0 Å². The number of ether oxygens (including phenoxy) is 1. The van der Waals surface area contributed by atoms with Crippen molar-refractivity contribution in [2.24, 2.45) is 7.05 Å². The normalized spacial score (nSPS) is 11.3. The van der Waals surface area contributed by atoms with Crippen molar-refractivity contribution < 1.29 is 17.9 Å². The predicted octanol–water partition coefficient (Wildman–Crippen LogP) is 1.31. The average Bonchev–Trinajstić information content (AvgIpc) is 2.84. The van der Waals surface area contributed by atoms with Crippen LogP contribution in [-0.4, -0.2) is 30.7 Å². The minimum atomic E-state index is -3.89. The molecule has 1 N–H and O–H groups in total. The van der Waals surface area contributed by atoms with Gasteiger partial charge in [0, 0.05) is 13.2 Å². The van der Waals surface area contributed by atoms with Crippen molar-refractivity contribution in [1.29, 1.82) is 0 Å². The number of rotatable bonds is 6. The van der Waals surface area contributed by atoms with Crippen LogP contribution in [0.5, 0.6) is 5.75 Å². The van der Waals surface area contributed by atoms with Gasteiger partial charge in [0.25, 0.3) is 10.0 Å². The molecule has 0 saturated carbocycles. The minimum absolute atomic E-state index is 0.0522. The molecule has 1 heterocycles. The number of hydrogen-bond donors (Lipinski definition) is 1. The standard InChI is InChI=1S/C15H19N3O4S/c1-11-6-12(2)8-13(7-11)22-5-4-15(19)17-23(20,21)14-9-16-18(3)10-14/h6-10H,4-5H2,1-3H3,(H,17,19). The highest BCUT2D eigenvalue weighted by Crippen LogP contribution is 2.16. The summed E-state index contributed by atoms with van der Waals surface area (Å²) in [6, 6.07) is 5.73. The Morgan fingerprint density at radius 3 is 2.48 bits per heavy atom. The van der Waals surface area contributed by atoms with Crippen molar-refractivity contribution in [3.05, 3.63) is 41.7 Å². The molecule has 1 aromatic heterocycles. The van der Waals surface area contributed by atoms with Crippen LogP contribution in [0.4, 0.5) is 0 Å². The Hall–Kier alpha value is -2.35. The molecule has 0 aliphatic carbocycles. The van der Waals surface area contributed by atoms with E-state index >= 15 is 0 Å². The second-order valence-corrected chi connectivity index (χ2v) is 6.98. The maximum absolute atomic E-state index is 12.0. The van der Waals surface area contributed by atoms with E-state index in [-0.39, 0.29) is 17.9 Å². The molecule has 2 rings (SSSR count). The Labute approximate surface area is 135 Å². The largest absolute Gasteiger partial charge is 0.493 e. The molecule has 0 radical (unpaired) electrons. The summed E-state index contributed by atoms with van der Waals surface area (Å²) in [7, 11) is -2.29. The molecule has 0 spiro atoms. The van der Waals surface area contributed by atoms with Crippen LogP contribution < -0.4 is 9.46 Å². The number of nitrogens with one attached hydrogen (secondary N) is 1. The van der Waals surface area contributed by atoms with E-state index in [0.29, 0.717) is 5.75 Å². The van der Waals surface area contributed by atoms with Gasteiger partial charge in [0.15, 0.2) is 0 Å². The highest BCUT2D eigenvalue weighted by Gasteiger charge is 2.19. The van der Waals surface area contributed by atoms with Crippen LogP contribution in [-0.2, 0) is 21.9 Å². The lowest BCUT2D eigenvalue weighted by Gasteiger charge is -2.08. The van der Waals surface area contributed by atoms with Gasteiger partial charge in [-0.3, -0.25) is 9.48 Å². The van der Waals surface area contributed by atoms with Gasteiger partial charge in [-0.1, -0.05) is 6.07 Å². The molecule has 2 aromatic rings. The van der Waals surface area contributed by atoms with Gasteiger partial charge in [0.05, 0.1) is 19.2 Å².